The van der Waals surface area contributed by atoms with Gasteiger partial charge in [-0.25, -0.2) is 4.79 Å². The molecule has 0 spiro atoms. The maximum absolute atomic E-state index is 10.9. The van der Waals surface area contributed by atoms with E-state index in [-0.39, 0.29) is 5.56 Å². The summed E-state index contributed by atoms with van der Waals surface area (Å²) in [5.41, 5.74) is 1.85. The van der Waals surface area contributed by atoms with E-state index in [1.54, 1.807) is 6.07 Å². The van der Waals surface area contributed by atoms with Crippen molar-refractivity contribution in [2.45, 2.75) is 6.92 Å². The number of hydrogen-bond donors (Lipinski definition) is 2. The fourth-order valence-electron chi connectivity index (χ4n) is 1.55. The lowest BCUT2D eigenvalue weighted by molar-refractivity contribution is 0.0699. The molecule has 0 amide bonds. The minimum atomic E-state index is -0.943. The van der Waals surface area contributed by atoms with Crippen molar-refractivity contribution in [1.29, 1.82) is 0 Å². The van der Waals surface area contributed by atoms with Crippen LogP contribution in [0.15, 0.2) is 18.3 Å². The van der Waals surface area contributed by atoms with Crippen LogP contribution in [0.5, 0.6) is 0 Å². The van der Waals surface area contributed by atoms with Crippen LogP contribution in [0.1, 0.15) is 15.9 Å². The van der Waals surface area contributed by atoms with Crippen LogP contribution in [0.2, 0.25) is 5.02 Å². The highest BCUT2D eigenvalue weighted by atomic mass is 35.5. The lowest BCUT2D eigenvalue weighted by atomic mass is 10.1. The summed E-state index contributed by atoms with van der Waals surface area (Å²) in [6.07, 6.45) is 1.46. The van der Waals surface area contributed by atoms with Crippen molar-refractivity contribution in [3.8, 4) is 0 Å². The molecule has 0 aliphatic rings. The van der Waals surface area contributed by atoms with E-state index >= 15 is 0 Å². The van der Waals surface area contributed by atoms with E-state index in [2.05, 4.69) is 4.98 Å². The lowest BCUT2D eigenvalue weighted by Crippen LogP contribution is -1.94. The normalized spacial score (nSPS) is 10.7. The molecule has 1 heterocycles. The molecule has 4 heteroatoms. The van der Waals surface area contributed by atoms with Crippen LogP contribution in [0.4, 0.5) is 0 Å². The number of hydrogen-bond acceptors (Lipinski definition) is 1. The first-order valence-electron chi connectivity index (χ1n) is 4.10. The average molecular weight is 210 g/mol. The Morgan fingerprint density at radius 2 is 2.21 bits per heavy atom. The van der Waals surface area contributed by atoms with Gasteiger partial charge >= 0.3 is 5.97 Å². The van der Waals surface area contributed by atoms with E-state index in [0.29, 0.717) is 15.9 Å². The van der Waals surface area contributed by atoms with E-state index in [0.717, 1.165) is 5.56 Å². The molecule has 0 radical (unpaired) electrons. The molecule has 1 aromatic carbocycles. The molecule has 0 atom stereocenters. The fourth-order valence-corrected chi connectivity index (χ4v) is 1.77. The van der Waals surface area contributed by atoms with Gasteiger partial charge in [0.15, 0.2) is 0 Å². The molecule has 0 aliphatic heterocycles. The van der Waals surface area contributed by atoms with E-state index in [1.807, 2.05) is 13.0 Å². The Morgan fingerprint density at radius 1 is 1.50 bits per heavy atom. The van der Waals surface area contributed by atoms with Gasteiger partial charge < -0.3 is 10.1 Å². The molecule has 0 fully saturated rings. The van der Waals surface area contributed by atoms with Crippen molar-refractivity contribution >= 4 is 28.5 Å². The third-order valence-corrected chi connectivity index (χ3v) is 2.54. The summed E-state index contributed by atoms with van der Waals surface area (Å²) in [5.74, 6) is -0.943. The van der Waals surface area contributed by atoms with Crippen molar-refractivity contribution in [1.82, 2.24) is 4.98 Å². The lowest BCUT2D eigenvalue weighted by Gasteiger charge is -1.99. The maximum atomic E-state index is 10.9. The minimum Gasteiger partial charge on any atom is -0.478 e. The number of carboxylic acids is 1. The maximum Gasteiger partial charge on any atom is 0.337 e. The molecule has 72 valence electrons. The Morgan fingerprint density at radius 3 is 2.86 bits per heavy atom. The van der Waals surface area contributed by atoms with Gasteiger partial charge in [-0.1, -0.05) is 17.7 Å². The predicted octanol–water partition coefficient (Wildman–Crippen LogP) is 2.83. The van der Waals surface area contributed by atoms with Gasteiger partial charge in [0.1, 0.15) is 0 Å². The molecule has 14 heavy (non-hydrogen) atoms. The molecular formula is C10H8ClNO2. The first-order chi connectivity index (χ1) is 6.61. The largest absolute Gasteiger partial charge is 0.478 e. The average Bonchev–Trinajstić information content (AvgIpc) is 2.56. The Labute approximate surface area is 85.3 Å². The molecule has 0 unspecified atom stereocenters. The number of carbonyl (C=O) groups is 1. The topological polar surface area (TPSA) is 53.1 Å². The number of aromatic carboxylic acids is 1. The van der Waals surface area contributed by atoms with Crippen molar-refractivity contribution in [3.63, 3.8) is 0 Å². The Bertz CT molecular complexity index is 516. The van der Waals surface area contributed by atoms with Crippen LogP contribution >= 0.6 is 11.6 Å². The molecule has 3 nitrogen and oxygen atoms in total. The van der Waals surface area contributed by atoms with Gasteiger partial charge in [-0.05, 0) is 18.6 Å². The molecule has 0 saturated heterocycles. The molecular weight excluding hydrogens is 202 g/mol. The number of halogens is 1. The summed E-state index contributed by atoms with van der Waals surface area (Å²) in [6.45, 7) is 1.86. The molecule has 0 bridgehead atoms. The molecule has 2 aromatic rings. The van der Waals surface area contributed by atoms with Crippen LogP contribution in [0.25, 0.3) is 10.9 Å². The number of H-pyrrole nitrogens is 1. The number of benzene rings is 1. The van der Waals surface area contributed by atoms with Crippen LogP contribution in [0, 0.1) is 6.92 Å². The number of aryl methyl sites for hydroxylation is 1. The quantitative estimate of drug-likeness (QED) is 0.759. The van der Waals surface area contributed by atoms with Crippen LogP contribution in [-0.2, 0) is 0 Å². The first kappa shape index (κ1) is 9.09. The number of nitrogens with one attached hydrogen (secondary N) is 1. The van der Waals surface area contributed by atoms with Crippen LogP contribution < -0.4 is 0 Å². The zero-order valence-corrected chi connectivity index (χ0v) is 8.22. The smallest absolute Gasteiger partial charge is 0.337 e. The standard InChI is InChI=1S/C10H8ClNO2/c1-5-2-3-7(11)9-8(5)6(4-12-9)10(13)14/h2-4,12H,1H3,(H,13,14). The monoisotopic (exact) mass is 209 g/mol. The van der Waals surface area contributed by atoms with Crippen molar-refractivity contribution in [3.05, 3.63) is 34.5 Å². The Balaban J connectivity index is 2.90. The van der Waals surface area contributed by atoms with Gasteiger partial charge in [-0.3, -0.25) is 0 Å². The molecule has 2 N–H and O–H groups in total. The highest BCUT2D eigenvalue weighted by molar-refractivity contribution is 6.35. The van der Waals surface area contributed by atoms with E-state index in [9.17, 15) is 4.79 Å². The van der Waals surface area contributed by atoms with Gasteiger partial charge in [0.25, 0.3) is 0 Å². The van der Waals surface area contributed by atoms with Crippen LogP contribution in [0.3, 0.4) is 0 Å². The first-order valence-corrected chi connectivity index (χ1v) is 4.48. The number of rotatable bonds is 1. The van der Waals surface area contributed by atoms with E-state index < -0.39 is 5.97 Å². The highest BCUT2D eigenvalue weighted by Crippen LogP contribution is 2.28. The van der Waals surface area contributed by atoms with Crippen LogP contribution in [-0.4, -0.2) is 16.1 Å². The van der Waals surface area contributed by atoms with E-state index in [4.69, 9.17) is 16.7 Å². The second kappa shape index (κ2) is 3.03. The second-order valence-electron chi connectivity index (χ2n) is 3.12. The summed E-state index contributed by atoms with van der Waals surface area (Å²) in [5, 5.41) is 10.1. The minimum absolute atomic E-state index is 0.264. The predicted molar refractivity (Wildman–Crippen MR) is 55.0 cm³/mol. The summed E-state index contributed by atoms with van der Waals surface area (Å²) < 4.78 is 0. The summed E-state index contributed by atoms with van der Waals surface area (Å²) >= 11 is 5.92. The van der Waals surface area contributed by atoms with E-state index in [1.165, 1.54) is 6.20 Å². The van der Waals surface area contributed by atoms with Gasteiger partial charge in [0, 0.05) is 11.6 Å². The SMILES string of the molecule is Cc1ccc(Cl)c2[nH]cc(C(=O)O)c12. The Hall–Kier alpha value is -1.48. The molecule has 0 saturated carbocycles. The number of aromatic nitrogens is 1. The number of carboxylic acid groups (broad SMARTS) is 1. The molecule has 0 aliphatic carbocycles. The summed E-state index contributed by atoms with van der Waals surface area (Å²) in [6, 6.07) is 3.56. The highest BCUT2D eigenvalue weighted by Gasteiger charge is 2.13. The zero-order valence-electron chi connectivity index (χ0n) is 7.47. The number of aromatic amines is 1. The van der Waals surface area contributed by atoms with Gasteiger partial charge in [0.05, 0.1) is 16.1 Å². The van der Waals surface area contributed by atoms with Crippen molar-refractivity contribution in [2.24, 2.45) is 0 Å². The third-order valence-electron chi connectivity index (χ3n) is 2.22. The number of fused-ring (bicyclic) bond motifs is 1. The van der Waals surface area contributed by atoms with Gasteiger partial charge in [-0.15, -0.1) is 0 Å². The van der Waals surface area contributed by atoms with Gasteiger partial charge in [0.2, 0.25) is 0 Å². The van der Waals surface area contributed by atoms with Crippen molar-refractivity contribution < 1.29 is 9.90 Å². The Kier molecular flexibility index (Phi) is 1.97. The van der Waals surface area contributed by atoms with Crippen molar-refractivity contribution in [2.75, 3.05) is 0 Å². The fraction of sp³-hybridized carbons (Fsp3) is 0.100. The molecule has 2 rings (SSSR count). The molecule has 1 aromatic heterocycles. The zero-order chi connectivity index (χ0) is 10.3. The van der Waals surface area contributed by atoms with Gasteiger partial charge in [-0.2, -0.15) is 0 Å². The summed E-state index contributed by atoms with van der Waals surface area (Å²) in [7, 11) is 0. The third kappa shape index (κ3) is 1.17. The summed E-state index contributed by atoms with van der Waals surface area (Å²) in [4.78, 5) is 13.7. The second-order valence-corrected chi connectivity index (χ2v) is 3.53.